The van der Waals surface area contributed by atoms with Gasteiger partial charge in [-0.3, -0.25) is 0 Å². The molecule has 0 bridgehead atoms. The predicted octanol–water partition coefficient (Wildman–Crippen LogP) is 6.92. The smallest absolute Gasteiger partial charge is 0.0893 e. The third kappa shape index (κ3) is 11.8. The summed E-state index contributed by atoms with van der Waals surface area (Å²) < 4.78 is 0. The Labute approximate surface area is 152 Å². The summed E-state index contributed by atoms with van der Waals surface area (Å²) in [5.41, 5.74) is 0. The number of nitrogens with zero attached hydrogens (tertiary/aromatic N) is 2. The van der Waals surface area contributed by atoms with Gasteiger partial charge in [0, 0.05) is 25.5 Å². The standard InChI is InChI=1S/C22H44N2/c1-3-5-6-7-8-9-10-11-12-13-14-15-16-17-19-24-21-20-23(22-24)18-4-2/h20-21H,3-19,22H2,1-2H3. The van der Waals surface area contributed by atoms with Crippen LogP contribution in [0, 0.1) is 0 Å². The van der Waals surface area contributed by atoms with Crippen LogP contribution in [0.5, 0.6) is 0 Å². The van der Waals surface area contributed by atoms with Gasteiger partial charge in [0.15, 0.2) is 0 Å². The first-order chi connectivity index (χ1) is 11.9. The molecular weight excluding hydrogens is 292 g/mol. The minimum atomic E-state index is 1.12. The van der Waals surface area contributed by atoms with E-state index in [2.05, 4.69) is 36.0 Å². The molecule has 1 heterocycles. The van der Waals surface area contributed by atoms with Crippen molar-refractivity contribution < 1.29 is 0 Å². The first-order valence-electron chi connectivity index (χ1n) is 11.0. The zero-order valence-corrected chi connectivity index (χ0v) is 16.8. The Kier molecular flexibility index (Phi) is 14.1. The van der Waals surface area contributed by atoms with E-state index in [1.807, 2.05) is 0 Å². The van der Waals surface area contributed by atoms with Gasteiger partial charge in [-0.1, -0.05) is 97.3 Å². The van der Waals surface area contributed by atoms with Gasteiger partial charge in [0.25, 0.3) is 0 Å². The fraction of sp³-hybridized carbons (Fsp3) is 0.909. The highest BCUT2D eigenvalue weighted by molar-refractivity contribution is 4.90. The zero-order chi connectivity index (χ0) is 17.3. The van der Waals surface area contributed by atoms with Crippen molar-refractivity contribution in [1.82, 2.24) is 9.80 Å². The normalized spacial score (nSPS) is 14.1. The maximum atomic E-state index is 2.47. The van der Waals surface area contributed by atoms with E-state index in [4.69, 9.17) is 0 Å². The Bertz CT molecular complexity index is 288. The first kappa shape index (κ1) is 21.4. The van der Waals surface area contributed by atoms with E-state index in [0.717, 1.165) is 6.67 Å². The summed E-state index contributed by atoms with van der Waals surface area (Å²) in [6.07, 6.45) is 26.0. The molecule has 0 radical (unpaired) electrons. The lowest BCUT2D eigenvalue weighted by Crippen LogP contribution is -2.26. The molecule has 0 aliphatic carbocycles. The van der Waals surface area contributed by atoms with E-state index in [9.17, 15) is 0 Å². The largest absolute Gasteiger partial charge is 0.359 e. The maximum absolute atomic E-state index is 2.47. The van der Waals surface area contributed by atoms with Crippen LogP contribution in [0.2, 0.25) is 0 Å². The fourth-order valence-corrected chi connectivity index (χ4v) is 3.60. The number of hydrogen-bond donors (Lipinski definition) is 0. The van der Waals surface area contributed by atoms with Crippen molar-refractivity contribution in [3.05, 3.63) is 12.4 Å². The summed E-state index contributed by atoms with van der Waals surface area (Å²) in [6.45, 7) is 8.11. The van der Waals surface area contributed by atoms with Crippen molar-refractivity contribution in [3.63, 3.8) is 0 Å². The van der Waals surface area contributed by atoms with Crippen molar-refractivity contribution >= 4 is 0 Å². The first-order valence-corrected chi connectivity index (χ1v) is 11.0. The molecule has 0 atom stereocenters. The third-order valence-electron chi connectivity index (χ3n) is 5.16. The van der Waals surface area contributed by atoms with Crippen molar-refractivity contribution in [2.45, 2.75) is 110 Å². The summed E-state index contributed by atoms with van der Waals surface area (Å²) in [5, 5.41) is 0. The fourth-order valence-electron chi connectivity index (χ4n) is 3.60. The summed E-state index contributed by atoms with van der Waals surface area (Å²) in [5.74, 6) is 0. The molecule has 0 unspecified atom stereocenters. The molecule has 0 aromatic rings. The lowest BCUT2D eigenvalue weighted by Gasteiger charge is -2.20. The van der Waals surface area contributed by atoms with Gasteiger partial charge in [0.1, 0.15) is 0 Å². The van der Waals surface area contributed by atoms with Crippen LogP contribution in [0.15, 0.2) is 12.4 Å². The second-order valence-electron chi connectivity index (χ2n) is 7.66. The molecule has 0 saturated heterocycles. The highest BCUT2D eigenvalue weighted by Gasteiger charge is 2.09. The van der Waals surface area contributed by atoms with E-state index in [0.29, 0.717) is 0 Å². The predicted molar refractivity (Wildman–Crippen MR) is 108 cm³/mol. The highest BCUT2D eigenvalue weighted by Crippen LogP contribution is 2.14. The Morgan fingerprint density at radius 3 is 1.38 bits per heavy atom. The van der Waals surface area contributed by atoms with E-state index < -0.39 is 0 Å². The van der Waals surface area contributed by atoms with Crippen LogP contribution in [0.4, 0.5) is 0 Å². The molecule has 0 aromatic carbocycles. The molecule has 142 valence electrons. The molecule has 2 heteroatoms. The Hall–Kier alpha value is -0.660. The Morgan fingerprint density at radius 2 is 0.917 bits per heavy atom. The van der Waals surface area contributed by atoms with Crippen molar-refractivity contribution in [1.29, 1.82) is 0 Å². The highest BCUT2D eigenvalue weighted by atomic mass is 15.3. The second kappa shape index (κ2) is 15.8. The summed E-state index contributed by atoms with van der Waals surface area (Å²) in [7, 11) is 0. The van der Waals surface area contributed by atoms with Crippen LogP contribution in [0.1, 0.15) is 110 Å². The van der Waals surface area contributed by atoms with Crippen LogP contribution in [-0.4, -0.2) is 29.6 Å². The van der Waals surface area contributed by atoms with Gasteiger partial charge >= 0.3 is 0 Å². The van der Waals surface area contributed by atoms with Crippen LogP contribution in [0.3, 0.4) is 0 Å². The average molecular weight is 337 g/mol. The van der Waals surface area contributed by atoms with Crippen LogP contribution in [-0.2, 0) is 0 Å². The molecule has 1 aliphatic rings. The quantitative estimate of drug-likeness (QED) is 0.266. The molecule has 0 saturated carbocycles. The molecule has 0 N–H and O–H groups in total. The van der Waals surface area contributed by atoms with Crippen LogP contribution >= 0.6 is 0 Å². The lowest BCUT2D eigenvalue weighted by molar-refractivity contribution is 0.261. The van der Waals surface area contributed by atoms with Gasteiger partial charge in [-0.2, -0.15) is 0 Å². The van der Waals surface area contributed by atoms with E-state index >= 15 is 0 Å². The number of unbranched alkanes of at least 4 members (excludes halogenated alkanes) is 13. The molecule has 0 spiro atoms. The minimum absolute atomic E-state index is 1.12. The van der Waals surface area contributed by atoms with Gasteiger partial charge in [0.2, 0.25) is 0 Å². The maximum Gasteiger partial charge on any atom is 0.0893 e. The summed E-state index contributed by atoms with van der Waals surface area (Å²) >= 11 is 0. The molecular formula is C22H44N2. The van der Waals surface area contributed by atoms with Crippen LogP contribution < -0.4 is 0 Å². The topological polar surface area (TPSA) is 6.48 Å². The number of hydrogen-bond acceptors (Lipinski definition) is 2. The van der Waals surface area contributed by atoms with Crippen molar-refractivity contribution in [3.8, 4) is 0 Å². The van der Waals surface area contributed by atoms with E-state index in [-0.39, 0.29) is 0 Å². The van der Waals surface area contributed by atoms with Gasteiger partial charge in [-0.25, -0.2) is 0 Å². The van der Waals surface area contributed by atoms with Gasteiger partial charge < -0.3 is 9.80 Å². The van der Waals surface area contributed by atoms with Gasteiger partial charge in [-0.15, -0.1) is 0 Å². The SMILES string of the molecule is CCCCCCCCCCCCCCCCN1C=CN(CCC)C1. The molecule has 24 heavy (non-hydrogen) atoms. The van der Waals surface area contributed by atoms with E-state index in [1.165, 1.54) is 109 Å². The molecule has 1 aliphatic heterocycles. The molecule has 0 amide bonds. The summed E-state index contributed by atoms with van der Waals surface area (Å²) in [6, 6.07) is 0. The number of rotatable bonds is 17. The van der Waals surface area contributed by atoms with E-state index in [1.54, 1.807) is 0 Å². The molecule has 0 fully saturated rings. The monoisotopic (exact) mass is 336 g/mol. The third-order valence-corrected chi connectivity index (χ3v) is 5.16. The minimum Gasteiger partial charge on any atom is -0.359 e. The summed E-state index contributed by atoms with van der Waals surface area (Å²) in [4.78, 5) is 4.89. The van der Waals surface area contributed by atoms with Gasteiger partial charge in [-0.05, 0) is 12.8 Å². The molecule has 2 nitrogen and oxygen atoms in total. The Morgan fingerprint density at radius 1 is 0.500 bits per heavy atom. The molecule has 0 aromatic heterocycles. The van der Waals surface area contributed by atoms with Crippen molar-refractivity contribution in [2.24, 2.45) is 0 Å². The van der Waals surface area contributed by atoms with Gasteiger partial charge in [0.05, 0.1) is 6.67 Å². The Balaban J connectivity index is 1.73. The molecule has 1 rings (SSSR count). The second-order valence-corrected chi connectivity index (χ2v) is 7.66. The van der Waals surface area contributed by atoms with Crippen LogP contribution in [0.25, 0.3) is 0 Å². The zero-order valence-electron chi connectivity index (χ0n) is 16.8. The lowest BCUT2D eigenvalue weighted by atomic mass is 10.0. The average Bonchev–Trinajstić information content (AvgIpc) is 3.03. The van der Waals surface area contributed by atoms with Crippen molar-refractivity contribution in [2.75, 3.05) is 19.8 Å².